The van der Waals surface area contributed by atoms with Gasteiger partial charge in [0.2, 0.25) is 0 Å². The highest BCUT2D eigenvalue weighted by molar-refractivity contribution is 6.18. The maximum absolute atomic E-state index is 5.78. The van der Waals surface area contributed by atoms with E-state index in [-0.39, 0.29) is 5.60 Å². The Balaban J connectivity index is 3.79. The van der Waals surface area contributed by atoms with Crippen molar-refractivity contribution in [3.8, 4) is 0 Å². The molecule has 0 saturated heterocycles. The number of halogens is 1. The molecule has 0 amide bonds. The second-order valence-corrected chi connectivity index (χ2v) is 3.91. The third-order valence-electron chi connectivity index (χ3n) is 2.13. The Morgan fingerprint density at radius 3 is 2.27 bits per heavy atom. The normalized spacial score (nSPS) is 15.0. The molecule has 0 radical (unpaired) electrons. The standard InChI is InChI=1S/C9H19ClO/c1-5-8(7-10)6-9(2,3)11-4/h8H,5-7H2,1-4H3. The van der Waals surface area contributed by atoms with Crippen molar-refractivity contribution in [3.63, 3.8) is 0 Å². The Bertz CT molecular complexity index is 97.7. The van der Waals surface area contributed by atoms with Crippen LogP contribution in [0.4, 0.5) is 0 Å². The van der Waals surface area contributed by atoms with E-state index in [0.717, 1.165) is 18.7 Å². The van der Waals surface area contributed by atoms with Gasteiger partial charge in [0, 0.05) is 13.0 Å². The van der Waals surface area contributed by atoms with E-state index in [1.54, 1.807) is 7.11 Å². The Kier molecular flexibility index (Phi) is 5.11. The zero-order valence-corrected chi connectivity index (χ0v) is 8.74. The Morgan fingerprint density at radius 1 is 1.45 bits per heavy atom. The highest BCUT2D eigenvalue weighted by atomic mass is 35.5. The summed E-state index contributed by atoms with van der Waals surface area (Å²) in [7, 11) is 1.75. The van der Waals surface area contributed by atoms with Crippen LogP contribution in [0.1, 0.15) is 33.6 Å². The largest absolute Gasteiger partial charge is 0.379 e. The van der Waals surface area contributed by atoms with E-state index < -0.39 is 0 Å². The lowest BCUT2D eigenvalue weighted by atomic mass is 9.93. The SMILES string of the molecule is CCC(CCl)CC(C)(C)OC. The summed E-state index contributed by atoms with van der Waals surface area (Å²) in [6, 6.07) is 0. The van der Waals surface area contributed by atoms with Gasteiger partial charge in [-0.2, -0.15) is 0 Å². The number of ether oxygens (including phenoxy) is 1. The fourth-order valence-corrected chi connectivity index (χ4v) is 1.41. The average Bonchev–Trinajstić information content (AvgIpc) is 2.00. The van der Waals surface area contributed by atoms with Gasteiger partial charge in [-0.1, -0.05) is 13.3 Å². The second-order valence-electron chi connectivity index (χ2n) is 3.60. The predicted octanol–water partition coefficient (Wildman–Crippen LogP) is 3.07. The monoisotopic (exact) mass is 178 g/mol. The molecule has 2 heteroatoms. The van der Waals surface area contributed by atoms with E-state index in [0.29, 0.717) is 5.92 Å². The molecule has 0 saturated carbocycles. The Morgan fingerprint density at radius 2 is 2.00 bits per heavy atom. The summed E-state index contributed by atoms with van der Waals surface area (Å²) in [6.45, 7) is 6.36. The molecule has 0 spiro atoms. The van der Waals surface area contributed by atoms with Crippen LogP contribution in [0, 0.1) is 5.92 Å². The average molecular weight is 179 g/mol. The number of hydrogen-bond donors (Lipinski definition) is 0. The quantitative estimate of drug-likeness (QED) is 0.588. The van der Waals surface area contributed by atoms with E-state index in [1.807, 2.05) is 0 Å². The first kappa shape index (κ1) is 11.2. The molecule has 1 nitrogen and oxygen atoms in total. The van der Waals surface area contributed by atoms with E-state index in [9.17, 15) is 0 Å². The highest BCUT2D eigenvalue weighted by Gasteiger charge is 2.20. The third-order valence-corrected chi connectivity index (χ3v) is 2.56. The first-order valence-corrected chi connectivity index (χ1v) is 4.70. The maximum atomic E-state index is 5.78. The summed E-state index contributed by atoms with van der Waals surface area (Å²) >= 11 is 5.78. The fourth-order valence-electron chi connectivity index (χ4n) is 1.09. The van der Waals surface area contributed by atoms with Gasteiger partial charge in [-0.05, 0) is 26.2 Å². The van der Waals surface area contributed by atoms with Crippen LogP contribution < -0.4 is 0 Å². The fraction of sp³-hybridized carbons (Fsp3) is 1.00. The molecule has 0 fully saturated rings. The first-order chi connectivity index (χ1) is 5.05. The van der Waals surface area contributed by atoms with Crippen LogP contribution in [-0.4, -0.2) is 18.6 Å². The minimum absolute atomic E-state index is 0.0183. The number of rotatable bonds is 5. The molecule has 11 heavy (non-hydrogen) atoms. The van der Waals surface area contributed by atoms with Gasteiger partial charge in [0.25, 0.3) is 0 Å². The van der Waals surface area contributed by atoms with Gasteiger partial charge in [-0.25, -0.2) is 0 Å². The summed E-state index contributed by atoms with van der Waals surface area (Å²) in [4.78, 5) is 0. The van der Waals surface area contributed by atoms with Gasteiger partial charge in [-0.3, -0.25) is 0 Å². The van der Waals surface area contributed by atoms with E-state index in [1.165, 1.54) is 0 Å². The maximum Gasteiger partial charge on any atom is 0.0625 e. The topological polar surface area (TPSA) is 9.23 Å². The number of hydrogen-bond acceptors (Lipinski definition) is 1. The van der Waals surface area contributed by atoms with Gasteiger partial charge < -0.3 is 4.74 Å². The summed E-state index contributed by atoms with van der Waals surface area (Å²) < 4.78 is 5.31. The van der Waals surface area contributed by atoms with Gasteiger partial charge in [0.05, 0.1) is 5.60 Å². The van der Waals surface area contributed by atoms with Gasteiger partial charge >= 0.3 is 0 Å². The molecule has 0 aromatic heterocycles. The van der Waals surface area contributed by atoms with E-state index >= 15 is 0 Å². The number of methoxy groups -OCH3 is 1. The summed E-state index contributed by atoms with van der Waals surface area (Å²) in [5, 5.41) is 0. The highest BCUT2D eigenvalue weighted by Crippen LogP contribution is 2.22. The Labute approximate surface area is 75.1 Å². The Hall–Kier alpha value is 0.250. The van der Waals surface area contributed by atoms with Crippen molar-refractivity contribution in [2.75, 3.05) is 13.0 Å². The zero-order valence-electron chi connectivity index (χ0n) is 7.98. The van der Waals surface area contributed by atoms with Gasteiger partial charge in [0.1, 0.15) is 0 Å². The predicted molar refractivity (Wildman–Crippen MR) is 50.2 cm³/mol. The van der Waals surface area contributed by atoms with Crippen molar-refractivity contribution in [2.45, 2.75) is 39.2 Å². The van der Waals surface area contributed by atoms with Gasteiger partial charge in [-0.15, -0.1) is 11.6 Å². The molecule has 1 unspecified atom stereocenters. The summed E-state index contributed by atoms with van der Waals surface area (Å²) in [6.07, 6.45) is 2.18. The van der Waals surface area contributed by atoms with Crippen LogP contribution in [0.25, 0.3) is 0 Å². The van der Waals surface area contributed by atoms with Crippen molar-refractivity contribution in [1.82, 2.24) is 0 Å². The summed E-state index contributed by atoms with van der Waals surface area (Å²) in [5.41, 5.74) is -0.0183. The molecule has 68 valence electrons. The molecular weight excluding hydrogens is 160 g/mol. The van der Waals surface area contributed by atoms with Gasteiger partial charge in [0.15, 0.2) is 0 Å². The molecule has 0 heterocycles. The van der Waals surface area contributed by atoms with Crippen LogP contribution in [0.2, 0.25) is 0 Å². The molecule has 0 aromatic rings. The molecule has 0 aromatic carbocycles. The lowest BCUT2D eigenvalue weighted by molar-refractivity contribution is 0.00386. The van der Waals surface area contributed by atoms with Crippen molar-refractivity contribution >= 4 is 11.6 Å². The van der Waals surface area contributed by atoms with Crippen LogP contribution in [0.5, 0.6) is 0 Å². The third kappa shape index (κ3) is 4.65. The number of alkyl halides is 1. The van der Waals surface area contributed by atoms with Crippen LogP contribution in [0.15, 0.2) is 0 Å². The lowest BCUT2D eigenvalue weighted by Gasteiger charge is -2.26. The van der Waals surface area contributed by atoms with Crippen molar-refractivity contribution in [3.05, 3.63) is 0 Å². The molecule has 0 N–H and O–H groups in total. The second kappa shape index (κ2) is 5.00. The molecule has 0 rings (SSSR count). The minimum atomic E-state index is -0.0183. The van der Waals surface area contributed by atoms with Crippen molar-refractivity contribution < 1.29 is 4.74 Å². The first-order valence-electron chi connectivity index (χ1n) is 4.17. The van der Waals surface area contributed by atoms with Crippen LogP contribution >= 0.6 is 11.6 Å². The lowest BCUT2D eigenvalue weighted by Crippen LogP contribution is -2.26. The molecule has 0 aliphatic rings. The van der Waals surface area contributed by atoms with Crippen LogP contribution in [0.3, 0.4) is 0 Å². The smallest absolute Gasteiger partial charge is 0.0625 e. The zero-order chi connectivity index (χ0) is 8.91. The minimum Gasteiger partial charge on any atom is -0.379 e. The van der Waals surface area contributed by atoms with Crippen LogP contribution in [-0.2, 0) is 4.74 Å². The van der Waals surface area contributed by atoms with E-state index in [2.05, 4.69) is 20.8 Å². The van der Waals surface area contributed by atoms with Crippen molar-refractivity contribution in [1.29, 1.82) is 0 Å². The molecule has 0 bridgehead atoms. The van der Waals surface area contributed by atoms with Crippen molar-refractivity contribution in [2.24, 2.45) is 5.92 Å². The summed E-state index contributed by atoms with van der Waals surface area (Å²) in [5.74, 6) is 1.33. The molecular formula is C9H19ClO. The molecule has 1 atom stereocenters. The molecule has 0 aliphatic carbocycles. The van der Waals surface area contributed by atoms with E-state index in [4.69, 9.17) is 16.3 Å². The molecule has 0 aliphatic heterocycles.